The Balaban J connectivity index is 1.51. The van der Waals surface area contributed by atoms with Gasteiger partial charge in [0.2, 0.25) is 0 Å². The van der Waals surface area contributed by atoms with E-state index in [1.165, 1.54) is 0 Å². The third kappa shape index (κ3) is 3.30. The maximum Gasteiger partial charge on any atom is 0.306 e. The number of rotatable bonds is 6. The van der Waals surface area contributed by atoms with Crippen LogP contribution >= 0.6 is 11.3 Å². The van der Waals surface area contributed by atoms with Crippen LogP contribution in [0.4, 0.5) is 0 Å². The topological polar surface area (TPSA) is 88.2 Å². The maximum absolute atomic E-state index is 11.1. The summed E-state index contributed by atoms with van der Waals surface area (Å²) in [5.74, 6) is 0.423. The smallest absolute Gasteiger partial charge is 0.306 e. The molecule has 1 aliphatic rings. The van der Waals surface area contributed by atoms with Crippen molar-refractivity contribution < 1.29 is 14.4 Å². The number of hydrogen-bond donors (Lipinski definition) is 2. The third-order valence-electron chi connectivity index (χ3n) is 3.90. The first kappa shape index (κ1) is 14.2. The van der Waals surface area contributed by atoms with Gasteiger partial charge in [0.05, 0.1) is 18.0 Å². The fourth-order valence-corrected chi connectivity index (χ4v) is 3.43. The standard InChI is InChI=1S/C14H17N3O3S/c18-14(19)11-3-1-2-9(11)6-15-7-12-16-13(20-17-12)10-4-5-21-8-10/h4-5,8-9,11,15H,1-3,6-7H2,(H,18,19). The van der Waals surface area contributed by atoms with Gasteiger partial charge >= 0.3 is 5.97 Å². The molecule has 0 spiro atoms. The number of carbonyl (C=O) groups is 1. The zero-order valence-electron chi connectivity index (χ0n) is 11.5. The molecule has 2 heterocycles. The van der Waals surface area contributed by atoms with Gasteiger partial charge in [-0.25, -0.2) is 0 Å². The molecule has 2 atom stereocenters. The highest BCUT2D eigenvalue weighted by atomic mass is 32.1. The summed E-state index contributed by atoms with van der Waals surface area (Å²) < 4.78 is 5.20. The monoisotopic (exact) mass is 307 g/mol. The van der Waals surface area contributed by atoms with E-state index in [-0.39, 0.29) is 11.8 Å². The highest BCUT2D eigenvalue weighted by molar-refractivity contribution is 7.08. The molecule has 1 fully saturated rings. The molecule has 1 aliphatic carbocycles. The van der Waals surface area contributed by atoms with E-state index in [0.717, 1.165) is 24.8 Å². The SMILES string of the molecule is O=C(O)C1CCCC1CNCc1noc(-c2ccsc2)n1. The molecule has 2 unspecified atom stereocenters. The molecular formula is C14H17N3O3S. The van der Waals surface area contributed by atoms with Crippen LogP contribution in [0.2, 0.25) is 0 Å². The van der Waals surface area contributed by atoms with Crippen LogP contribution in [0.25, 0.3) is 11.5 Å². The largest absolute Gasteiger partial charge is 0.481 e. The number of nitrogens with one attached hydrogen (secondary N) is 1. The molecule has 0 aromatic carbocycles. The van der Waals surface area contributed by atoms with Crippen molar-refractivity contribution in [2.24, 2.45) is 11.8 Å². The molecule has 2 aromatic heterocycles. The molecule has 0 aliphatic heterocycles. The van der Waals surface area contributed by atoms with Gasteiger partial charge < -0.3 is 14.9 Å². The molecule has 21 heavy (non-hydrogen) atoms. The zero-order chi connectivity index (χ0) is 14.7. The Labute approximate surface area is 126 Å². The van der Waals surface area contributed by atoms with Crippen molar-refractivity contribution in [2.75, 3.05) is 6.54 Å². The second-order valence-electron chi connectivity index (χ2n) is 5.29. The van der Waals surface area contributed by atoms with Crippen LogP contribution in [0, 0.1) is 11.8 Å². The van der Waals surface area contributed by atoms with Crippen LogP contribution in [0.15, 0.2) is 21.3 Å². The number of hydrogen-bond acceptors (Lipinski definition) is 6. The molecule has 3 rings (SSSR count). The first-order valence-electron chi connectivity index (χ1n) is 7.02. The van der Waals surface area contributed by atoms with Gasteiger partial charge in [0, 0.05) is 5.38 Å². The lowest BCUT2D eigenvalue weighted by atomic mass is 9.96. The first-order chi connectivity index (χ1) is 10.2. The highest BCUT2D eigenvalue weighted by Crippen LogP contribution is 2.31. The van der Waals surface area contributed by atoms with E-state index in [9.17, 15) is 4.79 Å². The molecule has 112 valence electrons. The van der Waals surface area contributed by atoms with Crippen LogP contribution in [-0.2, 0) is 11.3 Å². The van der Waals surface area contributed by atoms with Gasteiger partial charge in [0.1, 0.15) is 0 Å². The Kier molecular flexibility index (Phi) is 4.31. The maximum atomic E-state index is 11.1. The zero-order valence-corrected chi connectivity index (χ0v) is 12.3. The van der Waals surface area contributed by atoms with Gasteiger partial charge in [0.25, 0.3) is 5.89 Å². The molecule has 0 saturated heterocycles. The van der Waals surface area contributed by atoms with Crippen LogP contribution in [-0.4, -0.2) is 27.8 Å². The fraction of sp³-hybridized carbons (Fsp3) is 0.500. The molecule has 2 N–H and O–H groups in total. The normalized spacial score (nSPS) is 21.7. The minimum absolute atomic E-state index is 0.200. The minimum Gasteiger partial charge on any atom is -0.481 e. The van der Waals surface area contributed by atoms with Crippen molar-refractivity contribution in [1.82, 2.24) is 15.5 Å². The summed E-state index contributed by atoms with van der Waals surface area (Å²) in [7, 11) is 0. The average molecular weight is 307 g/mol. The number of carboxylic acids is 1. The van der Waals surface area contributed by atoms with Gasteiger partial charge in [-0.2, -0.15) is 16.3 Å². The highest BCUT2D eigenvalue weighted by Gasteiger charge is 2.32. The predicted octanol–water partition coefficient (Wildman–Crippen LogP) is 2.39. The summed E-state index contributed by atoms with van der Waals surface area (Å²) in [6.07, 6.45) is 2.75. The second kappa shape index (κ2) is 6.36. The Bertz CT molecular complexity index is 596. The van der Waals surface area contributed by atoms with Gasteiger partial charge in [-0.15, -0.1) is 0 Å². The summed E-state index contributed by atoms with van der Waals surface area (Å²) in [6.45, 7) is 1.18. The lowest BCUT2D eigenvalue weighted by molar-refractivity contribution is -0.142. The second-order valence-corrected chi connectivity index (χ2v) is 6.07. The van der Waals surface area contributed by atoms with Crippen molar-refractivity contribution in [3.05, 3.63) is 22.7 Å². The van der Waals surface area contributed by atoms with Crippen molar-refractivity contribution in [3.63, 3.8) is 0 Å². The molecule has 1 saturated carbocycles. The molecule has 0 bridgehead atoms. The lowest BCUT2D eigenvalue weighted by Gasteiger charge is -2.15. The van der Waals surface area contributed by atoms with Crippen LogP contribution < -0.4 is 5.32 Å². The van der Waals surface area contributed by atoms with Gasteiger partial charge in [-0.1, -0.05) is 11.6 Å². The predicted molar refractivity (Wildman–Crippen MR) is 77.8 cm³/mol. The van der Waals surface area contributed by atoms with Crippen molar-refractivity contribution in [2.45, 2.75) is 25.8 Å². The van der Waals surface area contributed by atoms with E-state index >= 15 is 0 Å². The number of thiophene rings is 1. The first-order valence-corrected chi connectivity index (χ1v) is 7.97. The van der Waals surface area contributed by atoms with E-state index in [4.69, 9.17) is 9.63 Å². The minimum atomic E-state index is -0.682. The summed E-state index contributed by atoms with van der Waals surface area (Å²) in [5, 5.41) is 20.2. The van der Waals surface area contributed by atoms with E-state index in [0.29, 0.717) is 24.8 Å². The third-order valence-corrected chi connectivity index (χ3v) is 4.59. The Hall–Kier alpha value is -1.73. The lowest BCUT2D eigenvalue weighted by Crippen LogP contribution is -2.29. The van der Waals surface area contributed by atoms with Gasteiger partial charge in [-0.3, -0.25) is 4.79 Å². The number of aliphatic carboxylic acids is 1. The van der Waals surface area contributed by atoms with Crippen LogP contribution in [0.1, 0.15) is 25.1 Å². The number of nitrogens with zero attached hydrogens (tertiary/aromatic N) is 2. The van der Waals surface area contributed by atoms with Crippen molar-refractivity contribution in [1.29, 1.82) is 0 Å². The van der Waals surface area contributed by atoms with E-state index in [1.807, 2.05) is 16.8 Å². The summed E-state index contributed by atoms with van der Waals surface area (Å²) in [4.78, 5) is 15.4. The fourth-order valence-electron chi connectivity index (χ4n) is 2.80. The molecule has 0 amide bonds. The quantitative estimate of drug-likeness (QED) is 0.852. The van der Waals surface area contributed by atoms with E-state index < -0.39 is 5.97 Å². The summed E-state index contributed by atoms with van der Waals surface area (Å²) in [6, 6.07) is 1.94. The molecule has 2 aromatic rings. The Morgan fingerprint density at radius 1 is 1.52 bits per heavy atom. The number of carboxylic acid groups (broad SMARTS) is 1. The van der Waals surface area contributed by atoms with Gasteiger partial charge in [-0.05, 0) is 36.8 Å². The number of aromatic nitrogens is 2. The molecule has 7 heteroatoms. The average Bonchev–Trinajstić information content (AvgIpc) is 3.20. The van der Waals surface area contributed by atoms with Gasteiger partial charge in [0.15, 0.2) is 5.82 Å². The molecule has 0 radical (unpaired) electrons. The van der Waals surface area contributed by atoms with Crippen molar-refractivity contribution in [3.8, 4) is 11.5 Å². The van der Waals surface area contributed by atoms with Crippen LogP contribution in [0.3, 0.4) is 0 Å². The molecule has 6 nitrogen and oxygen atoms in total. The van der Waals surface area contributed by atoms with E-state index in [2.05, 4.69) is 15.5 Å². The summed E-state index contributed by atoms with van der Waals surface area (Å²) in [5.41, 5.74) is 0.931. The Morgan fingerprint density at radius 2 is 2.43 bits per heavy atom. The van der Waals surface area contributed by atoms with Crippen molar-refractivity contribution >= 4 is 17.3 Å². The molecular weight excluding hydrogens is 290 g/mol. The van der Waals surface area contributed by atoms with Crippen LogP contribution in [0.5, 0.6) is 0 Å². The summed E-state index contributed by atoms with van der Waals surface area (Å²) >= 11 is 1.58. The Morgan fingerprint density at radius 3 is 3.19 bits per heavy atom. The van der Waals surface area contributed by atoms with E-state index in [1.54, 1.807) is 11.3 Å².